The third kappa shape index (κ3) is 2.58. The minimum Gasteiger partial charge on any atom is -0.497 e. The van der Waals surface area contributed by atoms with Gasteiger partial charge >= 0.3 is 5.97 Å². The predicted molar refractivity (Wildman–Crippen MR) is 80.8 cm³/mol. The molecule has 0 saturated carbocycles. The van der Waals surface area contributed by atoms with Gasteiger partial charge in [0, 0.05) is 11.6 Å². The van der Waals surface area contributed by atoms with Crippen LogP contribution >= 0.6 is 0 Å². The fourth-order valence-electron chi connectivity index (χ4n) is 2.18. The zero-order chi connectivity index (χ0) is 15.5. The van der Waals surface area contributed by atoms with Crippen molar-refractivity contribution in [2.24, 2.45) is 0 Å². The second-order valence-electron chi connectivity index (χ2n) is 4.62. The number of rotatable bonds is 5. The Balaban J connectivity index is 2.17. The van der Waals surface area contributed by atoms with Crippen LogP contribution in [0.4, 0.5) is 0 Å². The normalized spacial score (nSPS) is 10.6. The van der Waals surface area contributed by atoms with Crippen molar-refractivity contribution in [3.05, 3.63) is 48.5 Å². The van der Waals surface area contributed by atoms with Crippen LogP contribution in [0.1, 0.15) is 0 Å². The molecule has 1 heterocycles. The van der Waals surface area contributed by atoms with E-state index in [4.69, 9.17) is 14.7 Å². The Kier molecular flexibility index (Phi) is 3.65. The van der Waals surface area contributed by atoms with Crippen LogP contribution in [0.3, 0.4) is 0 Å². The fourth-order valence-corrected chi connectivity index (χ4v) is 2.18. The Morgan fingerprint density at radius 1 is 1.23 bits per heavy atom. The van der Waals surface area contributed by atoms with Crippen LogP contribution < -0.4 is 9.57 Å². The largest absolute Gasteiger partial charge is 0.497 e. The molecule has 6 heteroatoms. The molecule has 0 atom stereocenters. The highest BCUT2D eigenvalue weighted by atomic mass is 16.7. The molecular weight excluding hydrogens is 284 g/mol. The summed E-state index contributed by atoms with van der Waals surface area (Å²) in [7, 11) is 1.57. The quantitative estimate of drug-likeness (QED) is 0.782. The van der Waals surface area contributed by atoms with Gasteiger partial charge in [-0.2, -0.15) is 4.73 Å². The number of aromatic nitrogens is 2. The van der Waals surface area contributed by atoms with Crippen LogP contribution in [0.2, 0.25) is 0 Å². The van der Waals surface area contributed by atoms with E-state index in [9.17, 15) is 4.79 Å². The first-order valence-corrected chi connectivity index (χ1v) is 6.66. The van der Waals surface area contributed by atoms with E-state index in [0.717, 1.165) is 5.56 Å². The monoisotopic (exact) mass is 298 g/mol. The molecule has 1 N–H and O–H groups in total. The molecule has 0 aliphatic carbocycles. The van der Waals surface area contributed by atoms with Crippen molar-refractivity contribution in [3.8, 4) is 17.1 Å². The maximum absolute atomic E-state index is 10.8. The summed E-state index contributed by atoms with van der Waals surface area (Å²) in [5.41, 5.74) is 2.19. The van der Waals surface area contributed by atoms with Crippen molar-refractivity contribution >= 4 is 17.0 Å². The van der Waals surface area contributed by atoms with E-state index < -0.39 is 12.6 Å². The number of fused-ring (bicyclic) bond motifs is 1. The lowest BCUT2D eigenvalue weighted by Gasteiger charge is -2.09. The molecule has 0 saturated heterocycles. The van der Waals surface area contributed by atoms with E-state index in [2.05, 4.69) is 4.98 Å². The number of methoxy groups -OCH3 is 1. The van der Waals surface area contributed by atoms with Crippen LogP contribution in [0.5, 0.6) is 5.75 Å². The van der Waals surface area contributed by atoms with Gasteiger partial charge in [-0.3, -0.25) is 0 Å². The Morgan fingerprint density at radius 2 is 2.00 bits per heavy atom. The van der Waals surface area contributed by atoms with Crippen LogP contribution in [0.25, 0.3) is 22.4 Å². The molecule has 0 amide bonds. The first kappa shape index (κ1) is 13.9. The molecule has 0 spiro atoms. The van der Waals surface area contributed by atoms with Crippen LogP contribution in [-0.4, -0.2) is 34.5 Å². The molecule has 0 radical (unpaired) electrons. The Hall–Kier alpha value is -3.02. The third-order valence-corrected chi connectivity index (χ3v) is 3.17. The van der Waals surface area contributed by atoms with E-state index in [-0.39, 0.29) is 0 Å². The molecule has 2 aromatic carbocycles. The number of aliphatic carboxylic acids is 1. The van der Waals surface area contributed by atoms with Crippen molar-refractivity contribution in [1.82, 2.24) is 9.71 Å². The molecule has 3 rings (SSSR count). The maximum atomic E-state index is 10.8. The van der Waals surface area contributed by atoms with Gasteiger partial charge in [-0.15, -0.1) is 0 Å². The van der Waals surface area contributed by atoms with Crippen molar-refractivity contribution in [1.29, 1.82) is 0 Å². The summed E-state index contributed by atoms with van der Waals surface area (Å²) in [6.45, 7) is -0.456. The van der Waals surface area contributed by atoms with E-state index in [1.165, 1.54) is 4.73 Å². The average Bonchev–Trinajstić information content (AvgIpc) is 2.91. The van der Waals surface area contributed by atoms with Crippen molar-refractivity contribution < 1.29 is 19.5 Å². The molecule has 0 unspecified atom stereocenters. The summed E-state index contributed by atoms with van der Waals surface area (Å²) in [6.07, 6.45) is 0. The van der Waals surface area contributed by atoms with Gasteiger partial charge in [0.2, 0.25) is 6.61 Å². The van der Waals surface area contributed by atoms with Crippen molar-refractivity contribution in [3.63, 3.8) is 0 Å². The lowest BCUT2D eigenvalue weighted by molar-refractivity contribution is -0.142. The first-order chi connectivity index (χ1) is 10.7. The molecular formula is C16H14N2O4. The molecule has 0 aliphatic rings. The van der Waals surface area contributed by atoms with Crippen LogP contribution in [0, 0.1) is 0 Å². The topological polar surface area (TPSA) is 73.6 Å². The standard InChI is InChI=1S/C16H14N2O4/c1-21-12-7-8-13-14(9-12)18(22-10-15(19)20)16(17-13)11-5-3-2-4-6-11/h2-9H,10H2,1H3,(H,19,20). The highest BCUT2D eigenvalue weighted by molar-refractivity contribution is 5.81. The second-order valence-corrected chi connectivity index (χ2v) is 4.62. The third-order valence-electron chi connectivity index (χ3n) is 3.17. The molecule has 0 aliphatic heterocycles. The number of hydrogen-bond donors (Lipinski definition) is 1. The summed E-state index contributed by atoms with van der Waals surface area (Å²) < 4.78 is 6.64. The summed E-state index contributed by atoms with van der Waals surface area (Å²) in [4.78, 5) is 20.7. The molecule has 0 fully saturated rings. The zero-order valence-electron chi connectivity index (χ0n) is 11.9. The van der Waals surface area contributed by atoms with Gasteiger partial charge in [-0.1, -0.05) is 30.3 Å². The number of benzene rings is 2. The highest BCUT2D eigenvalue weighted by Crippen LogP contribution is 2.26. The van der Waals surface area contributed by atoms with Gasteiger partial charge in [0.25, 0.3) is 0 Å². The molecule has 1 aromatic heterocycles. The van der Waals surface area contributed by atoms with E-state index in [1.807, 2.05) is 30.3 Å². The zero-order valence-corrected chi connectivity index (χ0v) is 11.9. The number of carboxylic acids is 1. The van der Waals surface area contributed by atoms with Gasteiger partial charge in [0.1, 0.15) is 11.3 Å². The number of carbonyl (C=O) groups is 1. The molecule has 3 aromatic rings. The van der Waals surface area contributed by atoms with E-state index in [0.29, 0.717) is 22.6 Å². The summed E-state index contributed by atoms with van der Waals surface area (Å²) in [5.74, 6) is 0.140. The van der Waals surface area contributed by atoms with Crippen molar-refractivity contribution in [2.75, 3.05) is 13.7 Å². The number of imidazole rings is 1. The molecule has 112 valence electrons. The summed E-state index contributed by atoms with van der Waals surface area (Å²) in [6, 6.07) is 14.8. The van der Waals surface area contributed by atoms with Gasteiger partial charge in [0.15, 0.2) is 5.82 Å². The van der Waals surface area contributed by atoms with Gasteiger partial charge in [-0.25, -0.2) is 9.78 Å². The second kappa shape index (κ2) is 5.77. The Labute approximate surface area is 126 Å². The lowest BCUT2D eigenvalue weighted by Crippen LogP contribution is -2.20. The summed E-state index contributed by atoms with van der Waals surface area (Å²) in [5, 5.41) is 8.86. The number of hydrogen-bond acceptors (Lipinski definition) is 4. The molecule has 6 nitrogen and oxygen atoms in total. The van der Waals surface area contributed by atoms with Gasteiger partial charge in [-0.05, 0) is 12.1 Å². The Morgan fingerprint density at radius 3 is 2.68 bits per heavy atom. The van der Waals surface area contributed by atoms with Crippen molar-refractivity contribution in [2.45, 2.75) is 0 Å². The fraction of sp³-hybridized carbons (Fsp3) is 0.125. The average molecular weight is 298 g/mol. The SMILES string of the molecule is COc1ccc2nc(-c3ccccc3)n(OCC(=O)O)c2c1. The Bertz CT molecular complexity index is 812. The number of carboxylic acid groups (broad SMARTS) is 1. The van der Waals surface area contributed by atoms with Crippen LogP contribution in [0.15, 0.2) is 48.5 Å². The minimum absolute atomic E-state index is 0.456. The molecule has 0 bridgehead atoms. The van der Waals surface area contributed by atoms with Gasteiger partial charge < -0.3 is 14.7 Å². The van der Waals surface area contributed by atoms with Gasteiger partial charge in [0.05, 0.1) is 12.6 Å². The summed E-state index contributed by atoms with van der Waals surface area (Å²) >= 11 is 0. The van der Waals surface area contributed by atoms with Crippen LogP contribution in [-0.2, 0) is 4.79 Å². The number of ether oxygens (including phenoxy) is 1. The minimum atomic E-state index is -1.05. The maximum Gasteiger partial charge on any atom is 0.344 e. The van der Waals surface area contributed by atoms with E-state index in [1.54, 1.807) is 25.3 Å². The predicted octanol–water partition coefficient (Wildman–Crippen LogP) is 2.23. The smallest absolute Gasteiger partial charge is 0.344 e. The number of nitrogens with zero attached hydrogens (tertiary/aromatic N) is 2. The molecule has 22 heavy (non-hydrogen) atoms. The lowest BCUT2D eigenvalue weighted by atomic mass is 10.2. The highest BCUT2D eigenvalue weighted by Gasteiger charge is 2.15. The first-order valence-electron chi connectivity index (χ1n) is 6.66. The van der Waals surface area contributed by atoms with E-state index >= 15 is 0 Å².